The van der Waals surface area contributed by atoms with E-state index in [2.05, 4.69) is 28.5 Å². The van der Waals surface area contributed by atoms with Crippen LogP contribution in [0.2, 0.25) is 0 Å². The number of nitrogens with one attached hydrogen (secondary N) is 1. The number of allylic oxidation sites excluding steroid dienone is 1. The molecule has 1 unspecified atom stereocenters. The van der Waals surface area contributed by atoms with Crippen molar-refractivity contribution < 1.29 is 9.47 Å². The monoisotopic (exact) mass is 274 g/mol. The molecule has 108 valence electrons. The van der Waals surface area contributed by atoms with Crippen molar-refractivity contribution in [3.8, 4) is 5.75 Å². The number of piperazine rings is 1. The molecule has 1 fully saturated rings. The molecule has 2 aliphatic heterocycles. The van der Waals surface area contributed by atoms with Gasteiger partial charge in [-0.1, -0.05) is 12.1 Å². The number of methoxy groups -OCH3 is 1. The van der Waals surface area contributed by atoms with Gasteiger partial charge in [0, 0.05) is 38.3 Å². The van der Waals surface area contributed by atoms with Crippen molar-refractivity contribution in [1.29, 1.82) is 0 Å². The van der Waals surface area contributed by atoms with Crippen molar-refractivity contribution in [1.82, 2.24) is 10.2 Å². The standard InChI is InChI=1S/C16H22N2O2/c1-19-15-5-2-13(3-6-15)12-20-16-7-4-14-10-17-8-9-18(14)11-16/h2-3,5-6,11,14,17H,4,7-10,12H2,1H3. The van der Waals surface area contributed by atoms with E-state index in [-0.39, 0.29) is 0 Å². The lowest BCUT2D eigenvalue weighted by atomic mass is 10.0. The zero-order valence-corrected chi connectivity index (χ0v) is 12.0. The largest absolute Gasteiger partial charge is 0.497 e. The molecule has 0 spiro atoms. The molecule has 0 amide bonds. The number of rotatable bonds is 4. The molecule has 0 bridgehead atoms. The van der Waals surface area contributed by atoms with E-state index < -0.39 is 0 Å². The van der Waals surface area contributed by atoms with Crippen LogP contribution in [0.25, 0.3) is 0 Å². The topological polar surface area (TPSA) is 33.7 Å². The third-order valence-corrected chi connectivity index (χ3v) is 4.01. The summed E-state index contributed by atoms with van der Waals surface area (Å²) in [6, 6.07) is 8.70. The molecule has 1 aromatic carbocycles. The molecule has 0 aliphatic carbocycles. The molecule has 3 rings (SSSR count). The Balaban J connectivity index is 1.56. The van der Waals surface area contributed by atoms with Crippen LogP contribution < -0.4 is 10.1 Å². The van der Waals surface area contributed by atoms with Crippen molar-refractivity contribution >= 4 is 0 Å². The molecule has 20 heavy (non-hydrogen) atoms. The first kappa shape index (κ1) is 13.3. The SMILES string of the molecule is COc1ccc(COC2=CN3CCNCC3CC2)cc1. The van der Waals surface area contributed by atoms with Crippen LogP contribution in [0.15, 0.2) is 36.2 Å². The van der Waals surface area contributed by atoms with Crippen LogP contribution in [-0.4, -0.2) is 37.7 Å². The van der Waals surface area contributed by atoms with E-state index in [0.29, 0.717) is 12.6 Å². The van der Waals surface area contributed by atoms with E-state index in [0.717, 1.165) is 37.6 Å². The van der Waals surface area contributed by atoms with Gasteiger partial charge >= 0.3 is 0 Å². The third-order valence-electron chi connectivity index (χ3n) is 4.01. The van der Waals surface area contributed by atoms with E-state index >= 15 is 0 Å². The fourth-order valence-corrected chi connectivity index (χ4v) is 2.78. The smallest absolute Gasteiger partial charge is 0.118 e. The number of nitrogens with zero attached hydrogens (tertiary/aromatic N) is 1. The fraction of sp³-hybridized carbons (Fsp3) is 0.500. The zero-order chi connectivity index (χ0) is 13.8. The molecular formula is C16H22N2O2. The van der Waals surface area contributed by atoms with Gasteiger partial charge in [0.15, 0.2) is 0 Å². The van der Waals surface area contributed by atoms with E-state index in [1.807, 2.05) is 12.1 Å². The summed E-state index contributed by atoms with van der Waals surface area (Å²) < 4.78 is 11.1. The van der Waals surface area contributed by atoms with Gasteiger partial charge in [0.05, 0.1) is 7.11 Å². The van der Waals surface area contributed by atoms with E-state index in [9.17, 15) is 0 Å². The lowest BCUT2D eigenvalue weighted by Crippen LogP contribution is -2.50. The molecule has 0 aromatic heterocycles. The number of hydrogen-bond donors (Lipinski definition) is 1. The molecule has 4 heteroatoms. The molecule has 1 saturated heterocycles. The second kappa shape index (κ2) is 6.18. The molecule has 1 atom stereocenters. The second-order valence-electron chi connectivity index (χ2n) is 5.37. The predicted molar refractivity (Wildman–Crippen MR) is 78.5 cm³/mol. The van der Waals surface area contributed by atoms with Crippen LogP contribution in [0.4, 0.5) is 0 Å². The zero-order valence-electron chi connectivity index (χ0n) is 12.0. The van der Waals surface area contributed by atoms with Crippen LogP contribution in [0.1, 0.15) is 18.4 Å². The van der Waals surface area contributed by atoms with Gasteiger partial charge < -0.3 is 19.7 Å². The minimum absolute atomic E-state index is 0.632. The number of hydrogen-bond acceptors (Lipinski definition) is 4. The minimum Gasteiger partial charge on any atom is -0.497 e. The summed E-state index contributed by atoms with van der Waals surface area (Å²) in [4.78, 5) is 2.42. The fourth-order valence-electron chi connectivity index (χ4n) is 2.78. The third kappa shape index (κ3) is 3.07. The maximum Gasteiger partial charge on any atom is 0.118 e. The van der Waals surface area contributed by atoms with Crippen molar-refractivity contribution in [2.24, 2.45) is 0 Å². The highest BCUT2D eigenvalue weighted by molar-refractivity contribution is 5.26. The first-order chi connectivity index (χ1) is 9.85. The Morgan fingerprint density at radius 1 is 1.30 bits per heavy atom. The number of benzene rings is 1. The van der Waals surface area contributed by atoms with Crippen LogP contribution in [0.3, 0.4) is 0 Å². The summed E-state index contributed by atoms with van der Waals surface area (Å²) >= 11 is 0. The Morgan fingerprint density at radius 2 is 2.15 bits per heavy atom. The Morgan fingerprint density at radius 3 is 2.95 bits per heavy atom. The Hall–Kier alpha value is -1.68. The second-order valence-corrected chi connectivity index (χ2v) is 5.37. The Labute approximate surface area is 120 Å². The van der Waals surface area contributed by atoms with Gasteiger partial charge in [0.2, 0.25) is 0 Å². The summed E-state index contributed by atoms with van der Waals surface area (Å²) in [5.41, 5.74) is 1.18. The quantitative estimate of drug-likeness (QED) is 0.912. The lowest BCUT2D eigenvalue weighted by Gasteiger charge is -2.39. The summed E-state index contributed by atoms with van der Waals surface area (Å²) in [5.74, 6) is 1.99. The van der Waals surface area contributed by atoms with Crippen molar-refractivity contribution in [3.63, 3.8) is 0 Å². The van der Waals surface area contributed by atoms with Crippen LogP contribution in [-0.2, 0) is 11.3 Å². The number of fused-ring (bicyclic) bond motifs is 1. The summed E-state index contributed by atoms with van der Waals surface area (Å²) in [7, 11) is 1.68. The average Bonchev–Trinajstić information content (AvgIpc) is 2.53. The summed E-state index contributed by atoms with van der Waals surface area (Å²) in [5, 5.41) is 3.44. The lowest BCUT2D eigenvalue weighted by molar-refractivity contribution is 0.132. The van der Waals surface area contributed by atoms with Gasteiger partial charge in [-0.25, -0.2) is 0 Å². The molecular weight excluding hydrogens is 252 g/mol. The van der Waals surface area contributed by atoms with Crippen LogP contribution in [0.5, 0.6) is 5.75 Å². The van der Waals surface area contributed by atoms with Crippen molar-refractivity contribution in [2.75, 3.05) is 26.7 Å². The molecule has 4 nitrogen and oxygen atoms in total. The molecule has 0 radical (unpaired) electrons. The summed E-state index contributed by atoms with van der Waals surface area (Å²) in [6.07, 6.45) is 4.43. The van der Waals surface area contributed by atoms with Gasteiger partial charge in [-0.2, -0.15) is 0 Å². The van der Waals surface area contributed by atoms with Crippen molar-refractivity contribution in [2.45, 2.75) is 25.5 Å². The molecule has 2 heterocycles. The molecule has 0 saturated carbocycles. The van der Waals surface area contributed by atoms with Crippen LogP contribution >= 0.6 is 0 Å². The highest BCUT2D eigenvalue weighted by Gasteiger charge is 2.24. The Bertz CT molecular complexity index is 470. The summed E-state index contributed by atoms with van der Waals surface area (Å²) in [6.45, 7) is 3.88. The maximum absolute atomic E-state index is 5.95. The van der Waals surface area contributed by atoms with Crippen LogP contribution in [0, 0.1) is 0 Å². The van der Waals surface area contributed by atoms with Gasteiger partial charge in [-0.05, 0) is 24.1 Å². The molecule has 1 N–H and O–H groups in total. The van der Waals surface area contributed by atoms with Crippen molar-refractivity contribution in [3.05, 3.63) is 41.8 Å². The highest BCUT2D eigenvalue weighted by atomic mass is 16.5. The predicted octanol–water partition coefficient (Wildman–Crippen LogP) is 2.12. The average molecular weight is 274 g/mol. The normalized spacial score (nSPS) is 21.9. The highest BCUT2D eigenvalue weighted by Crippen LogP contribution is 2.23. The maximum atomic E-state index is 5.95. The minimum atomic E-state index is 0.632. The first-order valence-electron chi connectivity index (χ1n) is 7.28. The van der Waals surface area contributed by atoms with Gasteiger partial charge in [-0.15, -0.1) is 0 Å². The van der Waals surface area contributed by atoms with Gasteiger partial charge in [0.1, 0.15) is 18.1 Å². The van der Waals surface area contributed by atoms with E-state index in [1.54, 1.807) is 7.11 Å². The molecule has 2 aliphatic rings. The number of ether oxygens (including phenoxy) is 2. The first-order valence-corrected chi connectivity index (χ1v) is 7.28. The molecule has 1 aromatic rings. The van der Waals surface area contributed by atoms with E-state index in [1.165, 1.54) is 12.0 Å². The van der Waals surface area contributed by atoms with Gasteiger partial charge in [0.25, 0.3) is 0 Å². The Kier molecular flexibility index (Phi) is 4.11. The van der Waals surface area contributed by atoms with E-state index in [4.69, 9.17) is 9.47 Å². The van der Waals surface area contributed by atoms with Gasteiger partial charge in [-0.3, -0.25) is 0 Å².